The van der Waals surface area contributed by atoms with Crippen molar-refractivity contribution < 1.29 is 14.6 Å². The second-order valence-electron chi connectivity index (χ2n) is 8.74. The van der Waals surface area contributed by atoms with E-state index in [-0.39, 0.29) is 24.5 Å². The van der Waals surface area contributed by atoms with Gasteiger partial charge in [0.05, 0.1) is 5.02 Å². The lowest BCUT2D eigenvalue weighted by Gasteiger charge is -2.13. The number of rotatable bonds is 10. The van der Waals surface area contributed by atoms with Crippen LogP contribution < -0.4 is 10.3 Å². The molecule has 2 N–H and O–H groups in total. The summed E-state index contributed by atoms with van der Waals surface area (Å²) in [5.41, 5.74) is 3.32. The van der Waals surface area contributed by atoms with Gasteiger partial charge in [-0.2, -0.15) is 4.80 Å². The van der Waals surface area contributed by atoms with Crippen molar-refractivity contribution in [3.63, 3.8) is 0 Å². The molecule has 0 saturated heterocycles. The molecular weight excluding hydrogens is 458 g/mol. The van der Waals surface area contributed by atoms with E-state index in [1.165, 1.54) is 0 Å². The van der Waals surface area contributed by atoms with Crippen LogP contribution in [0.3, 0.4) is 0 Å². The Morgan fingerprint density at radius 3 is 2.76 bits per heavy atom. The highest BCUT2D eigenvalue weighted by Crippen LogP contribution is 2.38. The third-order valence-corrected chi connectivity index (χ3v) is 5.71. The van der Waals surface area contributed by atoms with Crippen molar-refractivity contribution in [2.45, 2.75) is 52.2 Å². The molecule has 0 spiro atoms. The summed E-state index contributed by atoms with van der Waals surface area (Å²) in [5.74, 6) is 0.445. The first-order valence-electron chi connectivity index (χ1n) is 11.1. The lowest BCUT2D eigenvalue weighted by atomic mass is 9.97. The number of benzene rings is 1. The molecule has 0 unspecified atom stereocenters. The first-order valence-corrected chi connectivity index (χ1v) is 11.5. The molecule has 0 radical (unpaired) electrons. The zero-order valence-corrected chi connectivity index (χ0v) is 19.7. The number of ether oxygens (including phenoxy) is 1. The molecule has 178 valence electrons. The van der Waals surface area contributed by atoms with Crippen molar-refractivity contribution in [2.75, 3.05) is 0 Å². The van der Waals surface area contributed by atoms with Crippen LogP contribution >= 0.6 is 11.6 Å². The van der Waals surface area contributed by atoms with Gasteiger partial charge in [0.25, 0.3) is 5.56 Å². The number of aromatic nitrogens is 5. The molecule has 1 aliphatic carbocycles. The number of H-pyrrole nitrogens is 1. The summed E-state index contributed by atoms with van der Waals surface area (Å²) in [6.07, 6.45) is 5.10. The van der Waals surface area contributed by atoms with Crippen LogP contribution in [0.2, 0.25) is 5.02 Å². The van der Waals surface area contributed by atoms with Gasteiger partial charge in [0.15, 0.2) is 13.2 Å². The second kappa shape index (κ2) is 10.2. The molecule has 9 nitrogen and oxygen atoms in total. The highest BCUT2D eigenvalue weighted by atomic mass is 35.5. The van der Waals surface area contributed by atoms with Crippen molar-refractivity contribution in [3.05, 3.63) is 74.4 Å². The van der Waals surface area contributed by atoms with Gasteiger partial charge in [0, 0.05) is 16.8 Å². The summed E-state index contributed by atoms with van der Waals surface area (Å²) < 4.78 is 5.71. The Kier molecular flexibility index (Phi) is 7.12. The Bertz CT molecular complexity index is 1280. The van der Waals surface area contributed by atoms with E-state index in [4.69, 9.17) is 21.4 Å². The third-order valence-electron chi connectivity index (χ3n) is 5.41. The fraction of sp³-hybridized carbons (Fsp3) is 0.375. The molecule has 0 aliphatic heterocycles. The van der Waals surface area contributed by atoms with Crippen molar-refractivity contribution in [1.82, 2.24) is 25.2 Å². The van der Waals surface area contributed by atoms with E-state index in [2.05, 4.69) is 40.3 Å². The highest BCUT2D eigenvalue weighted by Gasteiger charge is 2.26. The van der Waals surface area contributed by atoms with Gasteiger partial charge >= 0.3 is 5.97 Å². The molecule has 0 bridgehead atoms. The number of nitrogens with one attached hydrogen (secondary N) is 1. The van der Waals surface area contributed by atoms with Gasteiger partial charge in [-0.3, -0.25) is 9.59 Å². The van der Waals surface area contributed by atoms with Crippen LogP contribution in [-0.4, -0.2) is 36.3 Å². The van der Waals surface area contributed by atoms with Crippen LogP contribution in [0.25, 0.3) is 5.57 Å². The smallest absolute Gasteiger partial charge is 0.327 e. The summed E-state index contributed by atoms with van der Waals surface area (Å²) >= 11 is 6.51. The molecule has 2 heterocycles. The SMILES string of the molecule is CC(C)C/C=C(\c1ccc(OCc2nnn(CC(=O)O)n2)c(Cl)c1)c1ccc(C2CC2)c(=O)[nH]1. The lowest BCUT2D eigenvalue weighted by molar-refractivity contribution is -0.138. The Morgan fingerprint density at radius 2 is 2.12 bits per heavy atom. The number of hydrogen-bond donors (Lipinski definition) is 2. The van der Waals surface area contributed by atoms with E-state index in [1.807, 2.05) is 18.2 Å². The van der Waals surface area contributed by atoms with Crippen LogP contribution in [-0.2, 0) is 17.9 Å². The molecule has 3 aromatic rings. The van der Waals surface area contributed by atoms with Crippen molar-refractivity contribution in [2.24, 2.45) is 5.92 Å². The third kappa shape index (κ3) is 5.91. The van der Waals surface area contributed by atoms with Crippen molar-refractivity contribution in [1.29, 1.82) is 0 Å². The van der Waals surface area contributed by atoms with Crippen LogP contribution in [0.5, 0.6) is 5.75 Å². The number of halogens is 1. The van der Waals surface area contributed by atoms with Crippen LogP contribution in [0.4, 0.5) is 0 Å². The Balaban J connectivity index is 1.54. The molecule has 0 amide bonds. The Morgan fingerprint density at radius 1 is 1.32 bits per heavy atom. The predicted molar refractivity (Wildman–Crippen MR) is 127 cm³/mol. The Hall–Kier alpha value is -3.46. The molecule has 1 fully saturated rings. The quantitative estimate of drug-likeness (QED) is 0.446. The van der Waals surface area contributed by atoms with Crippen LogP contribution in [0.15, 0.2) is 41.2 Å². The molecule has 2 aromatic heterocycles. The number of nitrogens with zero attached hydrogens (tertiary/aromatic N) is 4. The molecular formula is C24H26ClN5O4. The number of allylic oxidation sites excluding steroid dienone is 1. The minimum absolute atomic E-state index is 0.00925. The zero-order valence-electron chi connectivity index (χ0n) is 19.0. The lowest BCUT2D eigenvalue weighted by Crippen LogP contribution is -2.13. The molecule has 4 rings (SSSR count). The highest BCUT2D eigenvalue weighted by molar-refractivity contribution is 6.32. The van der Waals surface area contributed by atoms with E-state index < -0.39 is 5.97 Å². The number of carboxylic acids is 1. The van der Waals surface area contributed by atoms with Gasteiger partial charge in [-0.1, -0.05) is 43.7 Å². The van der Waals surface area contributed by atoms with Gasteiger partial charge in [-0.05, 0) is 60.1 Å². The Labute approximate surface area is 201 Å². The molecule has 10 heteroatoms. The number of carboxylic acid groups (broad SMARTS) is 1. The molecule has 0 atom stereocenters. The standard InChI is InChI=1S/C24H26ClN5O4/c1-14(2)3-7-17(20-9-8-18(15-4-5-15)24(33)26-20)16-6-10-21(19(25)11-16)34-13-22-27-29-30(28-22)12-23(31)32/h6-11,14-15H,3-5,12-13H2,1-2H3,(H,26,33)(H,31,32)/b17-7+. The summed E-state index contributed by atoms with van der Waals surface area (Å²) in [7, 11) is 0. The monoisotopic (exact) mass is 483 g/mol. The summed E-state index contributed by atoms with van der Waals surface area (Å²) in [6, 6.07) is 9.32. The minimum atomic E-state index is -1.06. The topological polar surface area (TPSA) is 123 Å². The minimum Gasteiger partial charge on any atom is -0.484 e. The van der Waals surface area contributed by atoms with E-state index in [9.17, 15) is 9.59 Å². The van der Waals surface area contributed by atoms with E-state index >= 15 is 0 Å². The molecule has 1 aliphatic rings. The first kappa shape index (κ1) is 23.7. The van der Waals surface area contributed by atoms with Crippen LogP contribution in [0, 0.1) is 5.92 Å². The van der Waals surface area contributed by atoms with Gasteiger partial charge in [0.1, 0.15) is 5.75 Å². The van der Waals surface area contributed by atoms with Crippen LogP contribution in [0.1, 0.15) is 61.7 Å². The maximum Gasteiger partial charge on any atom is 0.327 e. The van der Waals surface area contributed by atoms with E-state index in [0.717, 1.165) is 46.5 Å². The van der Waals surface area contributed by atoms with Gasteiger partial charge in [-0.25, -0.2) is 0 Å². The predicted octanol–water partition coefficient (Wildman–Crippen LogP) is 4.03. The van der Waals surface area contributed by atoms with Gasteiger partial charge in [-0.15, -0.1) is 10.2 Å². The average Bonchev–Trinajstić information content (AvgIpc) is 3.52. The number of aliphatic carboxylic acids is 1. The molecule has 1 aromatic carbocycles. The molecule has 34 heavy (non-hydrogen) atoms. The molecule has 1 saturated carbocycles. The average molecular weight is 484 g/mol. The second-order valence-corrected chi connectivity index (χ2v) is 9.15. The van der Waals surface area contributed by atoms with E-state index in [1.54, 1.807) is 12.1 Å². The maximum atomic E-state index is 12.6. The van der Waals surface area contributed by atoms with Crippen molar-refractivity contribution in [3.8, 4) is 5.75 Å². The number of hydrogen-bond acceptors (Lipinski definition) is 6. The van der Waals surface area contributed by atoms with Gasteiger partial charge in [0.2, 0.25) is 5.82 Å². The summed E-state index contributed by atoms with van der Waals surface area (Å²) in [5, 5.41) is 20.6. The largest absolute Gasteiger partial charge is 0.484 e. The zero-order chi connectivity index (χ0) is 24.2. The maximum absolute atomic E-state index is 12.6. The number of pyridine rings is 1. The fourth-order valence-corrected chi connectivity index (χ4v) is 3.78. The summed E-state index contributed by atoms with van der Waals surface area (Å²) in [4.78, 5) is 27.4. The van der Waals surface area contributed by atoms with Gasteiger partial charge < -0.3 is 14.8 Å². The first-order chi connectivity index (χ1) is 16.3. The normalized spacial score (nSPS) is 13.9. The summed E-state index contributed by atoms with van der Waals surface area (Å²) in [6.45, 7) is 3.89. The van der Waals surface area contributed by atoms with E-state index in [0.29, 0.717) is 22.6 Å². The number of tetrazole rings is 1. The van der Waals surface area contributed by atoms with Crippen molar-refractivity contribution >= 4 is 23.1 Å². The fourth-order valence-electron chi connectivity index (χ4n) is 3.54. The number of aromatic amines is 1. The number of carbonyl (C=O) groups is 1.